The smallest absolute Gasteiger partial charge is 0.311 e. The van der Waals surface area contributed by atoms with Crippen LogP contribution in [0.5, 0.6) is 5.75 Å². The molecular weight excluding hydrogens is 202 g/mol. The van der Waals surface area contributed by atoms with Crippen molar-refractivity contribution in [2.45, 2.75) is 26.7 Å². The lowest BCUT2D eigenvalue weighted by Gasteiger charge is -2.23. The van der Waals surface area contributed by atoms with Crippen molar-refractivity contribution in [3.8, 4) is 5.75 Å². The minimum absolute atomic E-state index is 0.121. The number of anilines is 1. The Hall–Kier alpha value is -1.51. The average molecular weight is 219 g/mol. The summed E-state index contributed by atoms with van der Waals surface area (Å²) in [6.07, 6.45) is 1.30. The first-order valence-corrected chi connectivity index (χ1v) is 5.83. The van der Waals surface area contributed by atoms with E-state index in [9.17, 15) is 4.79 Å². The summed E-state index contributed by atoms with van der Waals surface area (Å²) in [5.41, 5.74) is 2.26. The van der Waals surface area contributed by atoms with Crippen molar-refractivity contribution in [3.05, 3.63) is 23.8 Å². The molecule has 1 aromatic rings. The molecule has 0 unspecified atom stereocenters. The van der Waals surface area contributed by atoms with Crippen molar-refractivity contribution >= 4 is 11.7 Å². The maximum absolute atomic E-state index is 11.2. The van der Waals surface area contributed by atoms with Crippen LogP contribution in [0.25, 0.3) is 0 Å². The molecule has 0 N–H and O–H groups in total. The van der Waals surface area contributed by atoms with Crippen LogP contribution in [-0.4, -0.2) is 19.1 Å². The quantitative estimate of drug-likeness (QED) is 0.577. The van der Waals surface area contributed by atoms with Crippen molar-refractivity contribution in [1.82, 2.24) is 0 Å². The number of aryl methyl sites for hydroxylation is 1. The molecule has 0 bridgehead atoms. The number of esters is 1. The third kappa shape index (κ3) is 2.03. The molecule has 2 rings (SSSR count). The van der Waals surface area contributed by atoms with Gasteiger partial charge in [-0.05, 0) is 31.9 Å². The highest BCUT2D eigenvalue weighted by Gasteiger charge is 2.17. The minimum atomic E-state index is -0.121. The van der Waals surface area contributed by atoms with Crippen molar-refractivity contribution in [2.24, 2.45) is 0 Å². The van der Waals surface area contributed by atoms with Crippen LogP contribution in [0.3, 0.4) is 0 Å². The number of benzene rings is 1. The Morgan fingerprint density at radius 2 is 2.00 bits per heavy atom. The van der Waals surface area contributed by atoms with Gasteiger partial charge in [-0.25, -0.2) is 0 Å². The Morgan fingerprint density at radius 1 is 1.25 bits per heavy atom. The first kappa shape index (κ1) is 11.0. The van der Waals surface area contributed by atoms with E-state index >= 15 is 0 Å². The summed E-state index contributed by atoms with van der Waals surface area (Å²) < 4.78 is 5.25. The Labute approximate surface area is 96.0 Å². The summed E-state index contributed by atoms with van der Waals surface area (Å²) in [6.45, 7) is 6.16. The van der Waals surface area contributed by atoms with E-state index in [1.165, 1.54) is 0 Å². The van der Waals surface area contributed by atoms with E-state index in [1.54, 1.807) is 0 Å². The molecular formula is C13H17NO2. The summed E-state index contributed by atoms with van der Waals surface area (Å²) in [6, 6.07) is 6.14. The second-order valence-corrected chi connectivity index (χ2v) is 3.94. The van der Waals surface area contributed by atoms with Gasteiger partial charge in [0.05, 0.1) is 6.42 Å². The van der Waals surface area contributed by atoms with Crippen molar-refractivity contribution in [1.29, 1.82) is 0 Å². The lowest BCUT2D eigenvalue weighted by Crippen LogP contribution is -2.22. The van der Waals surface area contributed by atoms with Crippen LogP contribution in [0, 0.1) is 0 Å². The van der Waals surface area contributed by atoms with Crippen LogP contribution in [0.4, 0.5) is 5.69 Å². The fourth-order valence-corrected chi connectivity index (χ4v) is 2.04. The third-order valence-corrected chi connectivity index (χ3v) is 3.00. The summed E-state index contributed by atoms with van der Waals surface area (Å²) in [4.78, 5) is 13.4. The number of fused-ring (bicyclic) bond motifs is 1. The summed E-state index contributed by atoms with van der Waals surface area (Å²) >= 11 is 0. The molecule has 3 nitrogen and oxygen atoms in total. The zero-order valence-corrected chi connectivity index (χ0v) is 9.82. The zero-order valence-electron chi connectivity index (χ0n) is 9.82. The Kier molecular flexibility index (Phi) is 3.13. The number of rotatable bonds is 3. The van der Waals surface area contributed by atoms with Gasteiger partial charge in [0, 0.05) is 24.8 Å². The number of hydrogen-bond acceptors (Lipinski definition) is 3. The van der Waals surface area contributed by atoms with Crippen LogP contribution in [-0.2, 0) is 11.2 Å². The fraction of sp³-hybridized carbons (Fsp3) is 0.462. The van der Waals surface area contributed by atoms with Gasteiger partial charge in [0.15, 0.2) is 0 Å². The Balaban J connectivity index is 2.30. The molecule has 0 spiro atoms. The van der Waals surface area contributed by atoms with Gasteiger partial charge in [-0.3, -0.25) is 4.79 Å². The van der Waals surface area contributed by atoms with Gasteiger partial charge in [0.1, 0.15) is 5.75 Å². The molecule has 0 radical (unpaired) electrons. The van der Waals surface area contributed by atoms with Crippen molar-refractivity contribution in [3.63, 3.8) is 0 Å². The van der Waals surface area contributed by atoms with Gasteiger partial charge in [-0.1, -0.05) is 6.07 Å². The zero-order chi connectivity index (χ0) is 11.5. The number of carbonyl (C=O) groups excluding carboxylic acids is 1. The first-order valence-electron chi connectivity index (χ1n) is 5.83. The van der Waals surface area contributed by atoms with E-state index in [2.05, 4.69) is 30.9 Å². The molecule has 1 aliphatic heterocycles. The first-order chi connectivity index (χ1) is 7.74. The monoisotopic (exact) mass is 219 g/mol. The maximum Gasteiger partial charge on any atom is 0.311 e. The predicted molar refractivity (Wildman–Crippen MR) is 64.0 cm³/mol. The van der Waals surface area contributed by atoms with Gasteiger partial charge >= 0.3 is 5.97 Å². The molecule has 3 heteroatoms. The third-order valence-electron chi connectivity index (χ3n) is 3.00. The molecule has 16 heavy (non-hydrogen) atoms. The summed E-state index contributed by atoms with van der Waals surface area (Å²) in [7, 11) is 0. The number of ether oxygens (including phenoxy) is 1. The molecule has 0 aromatic heterocycles. The average Bonchev–Trinajstić information content (AvgIpc) is 2.30. The number of nitrogens with zero attached hydrogens (tertiary/aromatic N) is 1. The van der Waals surface area contributed by atoms with Crippen molar-refractivity contribution < 1.29 is 9.53 Å². The molecule has 0 fully saturated rings. The molecule has 1 aliphatic rings. The topological polar surface area (TPSA) is 29.5 Å². The fourth-order valence-electron chi connectivity index (χ4n) is 2.04. The summed E-state index contributed by atoms with van der Waals surface area (Å²) in [5.74, 6) is 0.616. The number of hydrogen-bond donors (Lipinski definition) is 0. The van der Waals surface area contributed by atoms with E-state index in [1.807, 2.05) is 6.07 Å². The van der Waals surface area contributed by atoms with Gasteiger partial charge in [0.25, 0.3) is 0 Å². The van der Waals surface area contributed by atoms with E-state index in [0.29, 0.717) is 6.42 Å². The maximum atomic E-state index is 11.2. The highest BCUT2D eigenvalue weighted by atomic mass is 16.5. The standard InChI is InChI=1S/C13H17NO2/c1-3-14(4-2)11-7-5-10-6-8-13(15)16-12(10)9-11/h5,7,9H,3-4,6,8H2,1-2H3. The molecule has 0 aliphatic carbocycles. The molecule has 1 heterocycles. The van der Waals surface area contributed by atoms with Gasteiger partial charge in [-0.15, -0.1) is 0 Å². The number of carbonyl (C=O) groups is 1. The van der Waals surface area contributed by atoms with Crippen LogP contribution < -0.4 is 9.64 Å². The molecule has 0 saturated heterocycles. The van der Waals surface area contributed by atoms with Crippen molar-refractivity contribution in [2.75, 3.05) is 18.0 Å². The lowest BCUT2D eigenvalue weighted by molar-refractivity contribution is -0.135. The van der Waals surface area contributed by atoms with Gasteiger partial charge in [-0.2, -0.15) is 0 Å². The molecule has 1 aromatic carbocycles. The Morgan fingerprint density at radius 3 is 2.69 bits per heavy atom. The van der Waals surface area contributed by atoms with E-state index in [4.69, 9.17) is 4.74 Å². The predicted octanol–water partition coefficient (Wildman–Crippen LogP) is 2.38. The van der Waals surface area contributed by atoms with Crippen LogP contribution in [0.15, 0.2) is 18.2 Å². The van der Waals surface area contributed by atoms with E-state index < -0.39 is 0 Å². The minimum Gasteiger partial charge on any atom is -0.426 e. The molecule has 86 valence electrons. The Bertz CT molecular complexity index is 397. The molecule has 0 atom stereocenters. The van der Waals surface area contributed by atoms with Gasteiger partial charge < -0.3 is 9.64 Å². The lowest BCUT2D eigenvalue weighted by atomic mass is 10.1. The highest BCUT2D eigenvalue weighted by Crippen LogP contribution is 2.29. The van der Waals surface area contributed by atoms with E-state index in [-0.39, 0.29) is 5.97 Å². The van der Waals surface area contributed by atoms with Gasteiger partial charge in [0.2, 0.25) is 0 Å². The SMILES string of the molecule is CCN(CC)c1ccc2c(c1)OC(=O)CC2. The summed E-state index contributed by atoms with van der Waals surface area (Å²) in [5, 5.41) is 0. The highest BCUT2D eigenvalue weighted by molar-refractivity contribution is 5.76. The molecule has 0 saturated carbocycles. The van der Waals surface area contributed by atoms with Crippen LogP contribution in [0.2, 0.25) is 0 Å². The molecule has 0 amide bonds. The normalized spacial score (nSPS) is 14.2. The van der Waals surface area contributed by atoms with Crippen LogP contribution >= 0.6 is 0 Å². The second-order valence-electron chi connectivity index (χ2n) is 3.94. The van der Waals surface area contributed by atoms with Crippen LogP contribution in [0.1, 0.15) is 25.8 Å². The largest absolute Gasteiger partial charge is 0.426 e. The second kappa shape index (κ2) is 4.56. The van der Waals surface area contributed by atoms with E-state index in [0.717, 1.165) is 36.5 Å².